The number of pyridine rings is 1. The molecule has 8 nitrogen and oxygen atoms in total. The zero-order valence-corrected chi connectivity index (χ0v) is 22.1. The van der Waals surface area contributed by atoms with Crippen molar-refractivity contribution in [2.45, 2.75) is 32.6 Å². The molecule has 200 valence electrons. The highest BCUT2D eigenvalue weighted by atomic mass is 35.5. The molecular formula is C28H31ClFN5O3. The molecule has 1 aromatic heterocycles. The molecule has 0 aliphatic carbocycles. The van der Waals surface area contributed by atoms with Gasteiger partial charge in [0.2, 0.25) is 0 Å². The highest BCUT2D eigenvalue weighted by molar-refractivity contribution is 6.30. The zero-order chi connectivity index (χ0) is 27.5. The Kier molecular flexibility index (Phi) is 10.7. The van der Waals surface area contributed by atoms with Crippen LogP contribution in [-0.2, 0) is 0 Å². The maximum absolute atomic E-state index is 14.4. The van der Waals surface area contributed by atoms with E-state index < -0.39 is 17.6 Å². The maximum atomic E-state index is 14.4. The van der Waals surface area contributed by atoms with Crippen molar-refractivity contribution in [2.75, 3.05) is 30.8 Å². The monoisotopic (exact) mass is 539 g/mol. The maximum Gasteiger partial charge on any atom is 0.259 e. The van der Waals surface area contributed by atoms with E-state index in [2.05, 4.69) is 20.9 Å². The number of carbonyl (C=O) groups excluding carboxylic acids is 2. The summed E-state index contributed by atoms with van der Waals surface area (Å²) in [5.74, 6) is -1.41. The van der Waals surface area contributed by atoms with Crippen LogP contribution in [0.3, 0.4) is 0 Å². The molecule has 3 aromatic rings. The standard InChI is InChI=1S/C22H18ClFN4O3.C6H13N/c1-12(25)13-3-6-16(18(24)9-13)21(29)27-19-7-5-15(31-2)10-17(19)22(30)28-20-8-4-14(23)11-26-20;1-2-4-6-7-5-3-1/h3-11,25H,1-2H3,(H,27,29)(H,26,28,30);7H,1-6H2. The number of nitrogens with zero attached hydrogens (tertiary/aromatic N) is 1. The molecule has 1 aliphatic heterocycles. The molecule has 2 heterocycles. The molecule has 2 aromatic carbocycles. The third-order valence-electron chi connectivity index (χ3n) is 5.79. The van der Waals surface area contributed by atoms with Crippen molar-refractivity contribution in [2.24, 2.45) is 0 Å². The number of ether oxygens (including phenoxy) is 1. The lowest BCUT2D eigenvalue weighted by Gasteiger charge is -2.13. The van der Waals surface area contributed by atoms with E-state index in [1.165, 1.54) is 89.3 Å². The third kappa shape index (κ3) is 8.36. The smallest absolute Gasteiger partial charge is 0.259 e. The summed E-state index contributed by atoms with van der Waals surface area (Å²) < 4.78 is 19.6. The van der Waals surface area contributed by atoms with Gasteiger partial charge in [0.25, 0.3) is 11.8 Å². The van der Waals surface area contributed by atoms with E-state index >= 15 is 0 Å². The van der Waals surface area contributed by atoms with Gasteiger partial charge in [0.15, 0.2) is 0 Å². The van der Waals surface area contributed by atoms with Gasteiger partial charge in [-0.25, -0.2) is 9.37 Å². The van der Waals surface area contributed by atoms with Crippen LogP contribution in [0.25, 0.3) is 0 Å². The quantitative estimate of drug-likeness (QED) is 0.290. The van der Waals surface area contributed by atoms with Crippen LogP contribution in [0, 0.1) is 11.2 Å². The van der Waals surface area contributed by atoms with Crippen molar-refractivity contribution in [3.63, 3.8) is 0 Å². The van der Waals surface area contributed by atoms with E-state index in [1.54, 1.807) is 12.1 Å². The summed E-state index contributed by atoms with van der Waals surface area (Å²) in [6.07, 6.45) is 7.04. The second-order valence-corrected chi connectivity index (χ2v) is 9.10. The predicted molar refractivity (Wildman–Crippen MR) is 148 cm³/mol. The Morgan fingerprint density at radius 1 is 0.974 bits per heavy atom. The van der Waals surface area contributed by atoms with Gasteiger partial charge in [0, 0.05) is 11.9 Å². The van der Waals surface area contributed by atoms with E-state index in [4.69, 9.17) is 21.7 Å². The second kappa shape index (κ2) is 14.2. The highest BCUT2D eigenvalue weighted by Crippen LogP contribution is 2.24. The van der Waals surface area contributed by atoms with E-state index in [0.29, 0.717) is 16.3 Å². The van der Waals surface area contributed by atoms with Crippen molar-refractivity contribution in [3.8, 4) is 5.75 Å². The van der Waals surface area contributed by atoms with Gasteiger partial charge in [-0.05, 0) is 80.9 Å². The van der Waals surface area contributed by atoms with Gasteiger partial charge in [0.1, 0.15) is 17.4 Å². The second-order valence-electron chi connectivity index (χ2n) is 8.67. The van der Waals surface area contributed by atoms with E-state index in [-0.39, 0.29) is 28.3 Å². The van der Waals surface area contributed by atoms with Crippen LogP contribution >= 0.6 is 11.6 Å². The fourth-order valence-corrected chi connectivity index (χ4v) is 3.79. The number of methoxy groups -OCH3 is 1. The fraction of sp³-hybridized carbons (Fsp3) is 0.286. The molecule has 10 heteroatoms. The summed E-state index contributed by atoms with van der Waals surface area (Å²) in [4.78, 5) is 29.5. The third-order valence-corrected chi connectivity index (χ3v) is 6.02. The van der Waals surface area contributed by atoms with Gasteiger partial charge in [0.05, 0.1) is 28.9 Å². The number of amides is 2. The molecule has 0 atom stereocenters. The summed E-state index contributed by atoms with van der Waals surface area (Å²) in [6.45, 7) is 4.02. The summed E-state index contributed by atoms with van der Waals surface area (Å²) in [5.41, 5.74) is 0.581. The molecule has 0 bridgehead atoms. The molecule has 4 rings (SSSR count). The van der Waals surface area contributed by atoms with Gasteiger partial charge in [-0.15, -0.1) is 0 Å². The molecular weight excluding hydrogens is 509 g/mol. The van der Waals surface area contributed by atoms with Crippen LogP contribution in [-0.4, -0.2) is 42.7 Å². The first-order valence-electron chi connectivity index (χ1n) is 12.3. The summed E-state index contributed by atoms with van der Waals surface area (Å²) in [5, 5.41) is 16.5. The Hall–Kier alpha value is -3.82. The SMILES string of the molecule is C1CCCNCC1.COc1ccc(NC(=O)c2ccc(C(C)=N)cc2F)c(C(=O)Nc2ccc(Cl)cn2)c1. The summed E-state index contributed by atoms with van der Waals surface area (Å²) in [6, 6.07) is 11.5. The Balaban J connectivity index is 0.000000494. The van der Waals surface area contributed by atoms with Gasteiger partial charge in [-0.3, -0.25) is 9.59 Å². The topological polar surface area (TPSA) is 116 Å². The highest BCUT2D eigenvalue weighted by Gasteiger charge is 2.19. The number of anilines is 2. The molecule has 2 amide bonds. The van der Waals surface area contributed by atoms with Crippen LogP contribution in [0.2, 0.25) is 5.02 Å². The van der Waals surface area contributed by atoms with Gasteiger partial charge in [-0.2, -0.15) is 0 Å². The number of nitrogens with one attached hydrogen (secondary N) is 4. The van der Waals surface area contributed by atoms with Crippen LogP contribution in [0.1, 0.15) is 58.9 Å². The van der Waals surface area contributed by atoms with E-state index in [0.717, 1.165) is 6.07 Å². The van der Waals surface area contributed by atoms with Crippen molar-refractivity contribution in [1.82, 2.24) is 10.3 Å². The predicted octanol–water partition coefficient (Wildman–Crippen LogP) is 5.93. The minimum atomic E-state index is -0.772. The van der Waals surface area contributed by atoms with E-state index in [9.17, 15) is 14.0 Å². The summed E-state index contributed by atoms with van der Waals surface area (Å²) in [7, 11) is 1.44. The van der Waals surface area contributed by atoms with Crippen LogP contribution < -0.4 is 20.7 Å². The number of hydrogen-bond donors (Lipinski definition) is 4. The molecule has 0 radical (unpaired) electrons. The molecule has 1 saturated heterocycles. The molecule has 4 N–H and O–H groups in total. The van der Waals surface area contributed by atoms with Crippen LogP contribution in [0.5, 0.6) is 5.75 Å². The van der Waals surface area contributed by atoms with Crippen molar-refractivity contribution < 1.29 is 18.7 Å². The molecule has 1 aliphatic rings. The molecule has 0 unspecified atom stereocenters. The Morgan fingerprint density at radius 2 is 1.68 bits per heavy atom. The lowest BCUT2D eigenvalue weighted by Crippen LogP contribution is -2.19. The average Bonchev–Trinajstić information content (AvgIpc) is 3.23. The largest absolute Gasteiger partial charge is 0.497 e. The van der Waals surface area contributed by atoms with Gasteiger partial charge < -0.3 is 26.1 Å². The average molecular weight is 540 g/mol. The first-order valence-corrected chi connectivity index (χ1v) is 12.6. The van der Waals surface area contributed by atoms with Gasteiger partial charge in [-0.1, -0.05) is 30.5 Å². The molecule has 1 fully saturated rings. The first kappa shape index (κ1) is 28.7. The summed E-state index contributed by atoms with van der Waals surface area (Å²) >= 11 is 5.80. The van der Waals surface area contributed by atoms with Crippen molar-refractivity contribution in [1.29, 1.82) is 5.41 Å². The number of rotatable bonds is 6. The van der Waals surface area contributed by atoms with Gasteiger partial charge >= 0.3 is 0 Å². The molecule has 38 heavy (non-hydrogen) atoms. The lowest BCUT2D eigenvalue weighted by molar-refractivity contribution is 0.102. The number of aromatic nitrogens is 1. The fourth-order valence-electron chi connectivity index (χ4n) is 3.68. The Labute approximate surface area is 226 Å². The number of hydrogen-bond acceptors (Lipinski definition) is 6. The minimum absolute atomic E-state index is 0.0943. The normalized spacial score (nSPS) is 12.8. The molecule has 0 spiro atoms. The number of halogens is 2. The minimum Gasteiger partial charge on any atom is -0.497 e. The first-order chi connectivity index (χ1) is 18.3. The van der Waals surface area contributed by atoms with Crippen LogP contribution in [0.4, 0.5) is 15.9 Å². The Bertz CT molecular complexity index is 1260. The van der Waals surface area contributed by atoms with Crippen molar-refractivity contribution in [3.05, 3.63) is 82.3 Å². The number of benzene rings is 2. The van der Waals surface area contributed by atoms with Crippen LogP contribution in [0.15, 0.2) is 54.7 Å². The number of carbonyl (C=O) groups is 2. The zero-order valence-electron chi connectivity index (χ0n) is 21.4. The lowest BCUT2D eigenvalue weighted by atomic mass is 10.1. The molecule has 0 saturated carbocycles. The van der Waals surface area contributed by atoms with Crippen molar-refractivity contribution >= 4 is 40.6 Å². The Morgan fingerprint density at radius 3 is 2.29 bits per heavy atom. The van der Waals surface area contributed by atoms with E-state index in [1.807, 2.05) is 0 Å².